The summed E-state index contributed by atoms with van der Waals surface area (Å²) in [6.45, 7) is -0.200. The van der Waals surface area contributed by atoms with Crippen molar-refractivity contribution in [1.29, 1.82) is 0 Å². The third-order valence-electron chi connectivity index (χ3n) is 3.97. The van der Waals surface area contributed by atoms with Gasteiger partial charge in [-0.05, 0) is 46.2 Å². The molecule has 3 nitrogen and oxygen atoms in total. The number of rotatable bonds is 5. The third kappa shape index (κ3) is 4.31. The first-order valence-corrected chi connectivity index (χ1v) is 7.99. The van der Waals surface area contributed by atoms with Crippen LogP contribution in [0.4, 0.5) is 4.39 Å². The molecule has 0 radical (unpaired) electrons. The van der Waals surface area contributed by atoms with Crippen molar-refractivity contribution in [3.8, 4) is 0 Å². The molecule has 0 spiro atoms. The van der Waals surface area contributed by atoms with E-state index in [1.54, 1.807) is 18.2 Å². The maximum absolute atomic E-state index is 12.9. The summed E-state index contributed by atoms with van der Waals surface area (Å²) in [7, 11) is 0. The van der Waals surface area contributed by atoms with E-state index in [0.717, 1.165) is 21.9 Å². The number of halogens is 1. The molecular formula is C21H18FNO2. The zero-order chi connectivity index (χ0) is 17.6. The molecular weight excluding hydrogens is 317 g/mol. The highest BCUT2D eigenvalue weighted by Gasteiger charge is 2.12. The third-order valence-corrected chi connectivity index (χ3v) is 3.97. The Bertz CT molecular complexity index is 903. The predicted octanol–water partition coefficient (Wildman–Crippen LogP) is 3.84. The van der Waals surface area contributed by atoms with E-state index in [1.807, 2.05) is 42.5 Å². The molecule has 2 N–H and O–H groups in total. The number of hydrogen-bond acceptors (Lipinski definition) is 2. The van der Waals surface area contributed by atoms with E-state index in [1.165, 1.54) is 18.2 Å². The molecule has 0 aliphatic carbocycles. The molecule has 0 aromatic heterocycles. The van der Waals surface area contributed by atoms with Gasteiger partial charge in [0.1, 0.15) is 5.82 Å². The molecule has 0 aliphatic heterocycles. The number of amides is 1. The summed E-state index contributed by atoms with van der Waals surface area (Å²) in [5.41, 5.74) is 1.56. The molecule has 0 saturated heterocycles. The number of aliphatic hydroxyl groups excluding tert-OH is 1. The molecule has 3 aromatic rings. The summed E-state index contributed by atoms with van der Waals surface area (Å²) in [6, 6.07) is 19.1. The fourth-order valence-electron chi connectivity index (χ4n) is 2.62. The van der Waals surface area contributed by atoms with Crippen LogP contribution in [-0.2, 0) is 4.79 Å². The Kier molecular flexibility index (Phi) is 5.21. The Balaban J connectivity index is 1.71. The van der Waals surface area contributed by atoms with Crippen molar-refractivity contribution >= 4 is 22.8 Å². The van der Waals surface area contributed by atoms with E-state index in [4.69, 9.17) is 0 Å². The topological polar surface area (TPSA) is 49.3 Å². The highest BCUT2D eigenvalue weighted by Crippen LogP contribution is 2.20. The summed E-state index contributed by atoms with van der Waals surface area (Å²) in [4.78, 5) is 12.1. The Morgan fingerprint density at radius 1 is 1.04 bits per heavy atom. The second-order valence-electron chi connectivity index (χ2n) is 5.74. The molecule has 0 saturated carbocycles. The van der Waals surface area contributed by atoms with Gasteiger partial charge in [-0.25, -0.2) is 4.39 Å². The van der Waals surface area contributed by atoms with Gasteiger partial charge < -0.3 is 10.4 Å². The number of aliphatic hydroxyl groups is 1. The molecule has 1 amide bonds. The largest absolute Gasteiger partial charge is 0.394 e. The van der Waals surface area contributed by atoms with Crippen molar-refractivity contribution in [2.75, 3.05) is 6.61 Å². The van der Waals surface area contributed by atoms with Crippen LogP contribution in [0.2, 0.25) is 0 Å². The fraction of sp³-hybridized carbons (Fsp3) is 0.0952. The van der Waals surface area contributed by atoms with Gasteiger partial charge in [-0.2, -0.15) is 0 Å². The fourth-order valence-corrected chi connectivity index (χ4v) is 2.62. The molecule has 0 fully saturated rings. The Hall–Kier alpha value is -2.98. The second kappa shape index (κ2) is 7.73. The minimum atomic E-state index is -0.491. The van der Waals surface area contributed by atoms with Crippen LogP contribution in [0.25, 0.3) is 16.8 Å². The molecule has 4 heteroatoms. The molecule has 0 aliphatic rings. The highest BCUT2D eigenvalue weighted by molar-refractivity contribution is 5.92. The normalized spacial score (nSPS) is 12.4. The maximum atomic E-state index is 12.9. The Morgan fingerprint density at radius 2 is 1.76 bits per heavy atom. The zero-order valence-corrected chi connectivity index (χ0v) is 13.5. The first-order valence-electron chi connectivity index (χ1n) is 7.99. The lowest BCUT2D eigenvalue weighted by Crippen LogP contribution is -2.29. The van der Waals surface area contributed by atoms with Crippen molar-refractivity contribution in [3.63, 3.8) is 0 Å². The lowest BCUT2D eigenvalue weighted by molar-refractivity contribution is -0.117. The molecule has 0 bridgehead atoms. The summed E-state index contributed by atoms with van der Waals surface area (Å²) in [6.07, 6.45) is 2.97. The van der Waals surface area contributed by atoms with Crippen molar-refractivity contribution in [1.82, 2.24) is 5.32 Å². The second-order valence-corrected chi connectivity index (χ2v) is 5.74. The van der Waals surface area contributed by atoms with Gasteiger partial charge in [-0.1, -0.05) is 48.5 Å². The van der Waals surface area contributed by atoms with Gasteiger partial charge in [0, 0.05) is 6.08 Å². The molecule has 0 unspecified atom stereocenters. The van der Waals surface area contributed by atoms with E-state index in [-0.39, 0.29) is 18.3 Å². The minimum Gasteiger partial charge on any atom is -0.394 e. The number of carbonyl (C=O) groups is 1. The highest BCUT2D eigenvalue weighted by atomic mass is 19.1. The van der Waals surface area contributed by atoms with E-state index >= 15 is 0 Å². The van der Waals surface area contributed by atoms with Gasteiger partial charge >= 0.3 is 0 Å². The number of carbonyl (C=O) groups excluding carboxylic acids is 1. The first kappa shape index (κ1) is 16.9. The zero-order valence-electron chi connectivity index (χ0n) is 13.5. The quantitative estimate of drug-likeness (QED) is 0.696. The van der Waals surface area contributed by atoms with E-state index < -0.39 is 6.04 Å². The molecule has 0 heterocycles. The predicted molar refractivity (Wildman–Crippen MR) is 97.4 cm³/mol. The first-order chi connectivity index (χ1) is 12.2. The number of benzene rings is 3. The van der Waals surface area contributed by atoms with Crippen LogP contribution in [0.15, 0.2) is 72.8 Å². The van der Waals surface area contributed by atoms with Crippen molar-refractivity contribution in [3.05, 3.63) is 89.8 Å². The van der Waals surface area contributed by atoms with Gasteiger partial charge in [0.05, 0.1) is 12.6 Å². The maximum Gasteiger partial charge on any atom is 0.244 e. The molecule has 126 valence electrons. The van der Waals surface area contributed by atoms with Crippen LogP contribution in [0.3, 0.4) is 0 Å². The standard InChI is InChI=1S/C21H18FNO2/c22-19-10-5-15(6-11-19)7-12-21(25)23-20(14-24)18-9-8-16-3-1-2-4-17(16)13-18/h1-13,20,24H,14H2,(H,23,25)/t20-/m0/s1. The van der Waals surface area contributed by atoms with Crippen molar-refractivity contribution < 1.29 is 14.3 Å². The van der Waals surface area contributed by atoms with Gasteiger partial charge in [0.2, 0.25) is 5.91 Å². The average molecular weight is 335 g/mol. The van der Waals surface area contributed by atoms with Crippen LogP contribution in [0.5, 0.6) is 0 Å². The van der Waals surface area contributed by atoms with E-state index in [2.05, 4.69) is 5.32 Å². The van der Waals surface area contributed by atoms with Crippen LogP contribution >= 0.6 is 0 Å². The molecule has 3 rings (SSSR count). The van der Waals surface area contributed by atoms with Crippen LogP contribution in [0.1, 0.15) is 17.2 Å². The molecule has 25 heavy (non-hydrogen) atoms. The van der Waals surface area contributed by atoms with Crippen molar-refractivity contribution in [2.45, 2.75) is 6.04 Å². The van der Waals surface area contributed by atoms with Crippen LogP contribution < -0.4 is 5.32 Å². The number of nitrogens with one attached hydrogen (secondary N) is 1. The minimum absolute atomic E-state index is 0.200. The van der Waals surface area contributed by atoms with Gasteiger partial charge in [0.15, 0.2) is 0 Å². The SMILES string of the molecule is O=C(C=Cc1ccc(F)cc1)N[C@@H](CO)c1ccc2ccccc2c1. The van der Waals surface area contributed by atoms with Crippen molar-refractivity contribution in [2.24, 2.45) is 0 Å². The van der Waals surface area contributed by atoms with E-state index in [9.17, 15) is 14.3 Å². The van der Waals surface area contributed by atoms with Gasteiger partial charge in [-0.3, -0.25) is 4.79 Å². The summed E-state index contributed by atoms with van der Waals surface area (Å²) in [5, 5.41) is 14.6. The number of hydrogen-bond donors (Lipinski definition) is 2. The molecule has 3 aromatic carbocycles. The smallest absolute Gasteiger partial charge is 0.244 e. The van der Waals surface area contributed by atoms with Gasteiger partial charge in [0.25, 0.3) is 0 Å². The van der Waals surface area contributed by atoms with Crippen LogP contribution in [0, 0.1) is 5.82 Å². The summed E-state index contributed by atoms with van der Waals surface area (Å²) < 4.78 is 12.9. The van der Waals surface area contributed by atoms with Gasteiger partial charge in [-0.15, -0.1) is 0 Å². The molecule has 1 atom stereocenters. The lowest BCUT2D eigenvalue weighted by atomic mass is 10.0. The summed E-state index contributed by atoms with van der Waals surface area (Å²) in [5.74, 6) is -0.644. The lowest BCUT2D eigenvalue weighted by Gasteiger charge is -2.16. The van der Waals surface area contributed by atoms with E-state index in [0.29, 0.717) is 0 Å². The Labute approximate surface area is 145 Å². The Morgan fingerprint density at radius 3 is 2.48 bits per heavy atom. The monoisotopic (exact) mass is 335 g/mol. The summed E-state index contributed by atoms with van der Waals surface area (Å²) >= 11 is 0. The van der Waals surface area contributed by atoms with Crippen LogP contribution in [-0.4, -0.2) is 17.6 Å². The number of fused-ring (bicyclic) bond motifs is 1. The average Bonchev–Trinajstić information content (AvgIpc) is 2.65.